The monoisotopic (exact) mass is 198 g/mol. The fraction of sp³-hybridized carbons (Fsp3) is 0.600. The largest absolute Gasteiger partial charge is 0.300 e. The van der Waals surface area contributed by atoms with E-state index in [-0.39, 0.29) is 16.3 Å². The molecular formula is C10H14O2S. The zero-order chi connectivity index (χ0) is 10.1. The van der Waals surface area contributed by atoms with Gasteiger partial charge in [0.1, 0.15) is 5.78 Å². The second-order valence-electron chi connectivity index (χ2n) is 3.83. The smallest absolute Gasteiger partial charge is 0.157 e. The van der Waals surface area contributed by atoms with Gasteiger partial charge < -0.3 is 0 Å². The molecule has 3 heteroatoms. The van der Waals surface area contributed by atoms with Gasteiger partial charge in [-0.1, -0.05) is 0 Å². The van der Waals surface area contributed by atoms with Crippen molar-refractivity contribution < 1.29 is 9.59 Å². The Hall–Kier alpha value is -0.570. The first kappa shape index (κ1) is 10.5. The Kier molecular flexibility index (Phi) is 2.96. The summed E-state index contributed by atoms with van der Waals surface area (Å²) in [6.07, 6.45) is 2.62. The highest BCUT2D eigenvalue weighted by atomic mass is 32.2. The van der Waals surface area contributed by atoms with E-state index in [1.165, 1.54) is 0 Å². The van der Waals surface area contributed by atoms with Gasteiger partial charge in [0.05, 0.1) is 0 Å². The molecule has 0 radical (unpaired) electrons. The van der Waals surface area contributed by atoms with E-state index in [2.05, 4.69) is 0 Å². The Morgan fingerprint density at radius 2 is 2.31 bits per heavy atom. The minimum absolute atomic E-state index is 0.139. The Labute approximate surface area is 82.8 Å². The Bertz CT molecular complexity index is 281. The molecule has 0 aliphatic carbocycles. The lowest BCUT2D eigenvalue weighted by molar-refractivity contribution is -0.118. The molecule has 0 saturated heterocycles. The van der Waals surface area contributed by atoms with Crippen molar-refractivity contribution in [1.82, 2.24) is 0 Å². The van der Waals surface area contributed by atoms with Gasteiger partial charge in [-0.25, -0.2) is 0 Å². The molecule has 0 bridgehead atoms. The molecule has 0 N–H and O–H groups in total. The Morgan fingerprint density at radius 3 is 2.77 bits per heavy atom. The van der Waals surface area contributed by atoms with E-state index in [9.17, 15) is 9.59 Å². The SMILES string of the molecule is CC(=O)C[C@]1(C)CC(=O)C=C(C)S1. The minimum Gasteiger partial charge on any atom is -0.300 e. The van der Waals surface area contributed by atoms with Crippen molar-refractivity contribution in [3.05, 3.63) is 11.0 Å². The first-order valence-corrected chi connectivity index (χ1v) is 5.12. The zero-order valence-corrected chi connectivity index (χ0v) is 9.03. The fourth-order valence-electron chi connectivity index (χ4n) is 1.73. The molecule has 0 spiro atoms. The van der Waals surface area contributed by atoms with Crippen LogP contribution in [0.2, 0.25) is 0 Å². The molecule has 13 heavy (non-hydrogen) atoms. The number of carbonyl (C=O) groups is 2. The standard InChI is InChI=1S/C10H14O2S/c1-7(11)5-10(3)6-9(12)4-8(2)13-10/h4H,5-6H2,1-3H3/t10-/m1/s1. The van der Waals surface area contributed by atoms with E-state index >= 15 is 0 Å². The van der Waals surface area contributed by atoms with Crippen molar-refractivity contribution in [3.8, 4) is 0 Å². The average Bonchev–Trinajstić information content (AvgIpc) is 1.77. The normalized spacial score (nSPS) is 28.5. The zero-order valence-electron chi connectivity index (χ0n) is 8.22. The van der Waals surface area contributed by atoms with Crippen LogP contribution < -0.4 is 0 Å². The highest BCUT2D eigenvalue weighted by Gasteiger charge is 2.32. The van der Waals surface area contributed by atoms with Crippen LogP contribution >= 0.6 is 11.8 Å². The van der Waals surface area contributed by atoms with Crippen LogP contribution in [0, 0.1) is 0 Å². The van der Waals surface area contributed by atoms with Crippen molar-refractivity contribution in [2.45, 2.75) is 38.4 Å². The maximum Gasteiger partial charge on any atom is 0.157 e. The molecule has 72 valence electrons. The summed E-state index contributed by atoms with van der Waals surface area (Å²) in [4.78, 5) is 23.3. The lowest BCUT2D eigenvalue weighted by Gasteiger charge is -2.30. The molecule has 1 aliphatic rings. The molecule has 0 fully saturated rings. The molecule has 0 aromatic rings. The first-order chi connectivity index (χ1) is 5.91. The second-order valence-corrected chi connectivity index (χ2v) is 5.66. The Morgan fingerprint density at radius 1 is 1.69 bits per heavy atom. The van der Waals surface area contributed by atoms with Crippen molar-refractivity contribution in [1.29, 1.82) is 0 Å². The van der Waals surface area contributed by atoms with E-state index in [1.54, 1.807) is 24.8 Å². The predicted octanol–water partition coefficient (Wildman–Crippen LogP) is 2.33. The topological polar surface area (TPSA) is 34.1 Å². The summed E-state index contributed by atoms with van der Waals surface area (Å²) in [5.74, 6) is 0.289. The molecule has 1 rings (SSSR count). The quantitative estimate of drug-likeness (QED) is 0.683. The number of Topliss-reactive ketones (excluding diaryl/α,β-unsaturated/α-hetero) is 1. The number of thioether (sulfide) groups is 1. The average molecular weight is 198 g/mol. The van der Waals surface area contributed by atoms with Crippen LogP contribution in [0.5, 0.6) is 0 Å². The molecular weight excluding hydrogens is 184 g/mol. The molecule has 0 aromatic heterocycles. The third-order valence-corrected chi connectivity index (χ3v) is 3.16. The summed E-state index contributed by atoms with van der Waals surface area (Å²) < 4.78 is -0.207. The van der Waals surface area contributed by atoms with Gasteiger partial charge in [0.2, 0.25) is 0 Å². The maximum absolute atomic E-state index is 11.3. The Balaban J connectivity index is 2.77. The molecule has 0 unspecified atom stereocenters. The third kappa shape index (κ3) is 2.99. The number of hydrogen-bond acceptors (Lipinski definition) is 3. The van der Waals surface area contributed by atoms with Crippen molar-refractivity contribution >= 4 is 23.3 Å². The van der Waals surface area contributed by atoms with Crippen LogP contribution in [0.15, 0.2) is 11.0 Å². The number of carbonyl (C=O) groups excluding carboxylic acids is 2. The summed E-state index contributed by atoms with van der Waals surface area (Å²) in [6.45, 7) is 5.47. The fourth-order valence-corrected chi connectivity index (χ4v) is 3.18. The van der Waals surface area contributed by atoms with Gasteiger partial charge in [-0.2, -0.15) is 0 Å². The van der Waals surface area contributed by atoms with Crippen LogP contribution in [0.3, 0.4) is 0 Å². The van der Waals surface area contributed by atoms with Crippen LogP contribution in [-0.4, -0.2) is 16.3 Å². The van der Waals surface area contributed by atoms with Gasteiger partial charge in [0.25, 0.3) is 0 Å². The second kappa shape index (κ2) is 3.66. The molecule has 1 aliphatic heterocycles. The summed E-state index contributed by atoms with van der Waals surface area (Å²) in [7, 11) is 0. The molecule has 0 saturated carbocycles. The number of ketones is 2. The predicted molar refractivity (Wildman–Crippen MR) is 54.7 cm³/mol. The van der Waals surface area contributed by atoms with Gasteiger partial charge in [-0.3, -0.25) is 9.59 Å². The molecule has 0 amide bonds. The van der Waals surface area contributed by atoms with Gasteiger partial charge in [0, 0.05) is 17.6 Å². The van der Waals surface area contributed by atoms with Gasteiger partial charge >= 0.3 is 0 Å². The highest BCUT2D eigenvalue weighted by molar-refractivity contribution is 8.04. The number of rotatable bonds is 2. The molecule has 2 nitrogen and oxygen atoms in total. The van der Waals surface area contributed by atoms with Crippen LogP contribution in [0.4, 0.5) is 0 Å². The van der Waals surface area contributed by atoms with E-state index in [0.29, 0.717) is 12.8 Å². The van der Waals surface area contributed by atoms with Crippen LogP contribution in [0.1, 0.15) is 33.6 Å². The summed E-state index contributed by atoms with van der Waals surface area (Å²) >= 11 is 1.64. The maximum atomic E-state index is 11.3. The lowest BCUT2D eigenvalue weighted by atomic mass is 9.97. The van der Waals surface area contributed by atoms with E-state index < -0.39 is 0 Å². The first-order valence-electron chi connectivity index (χ1n) is 4.31. The third-order valence-electron chi connectivity index (χ3n) is 1.94. The highest BCUT2D eigenvalue weighted by Crippen LogP contribution is 2.41. The van der Waals surface area contributed by atoms with Crippen LogP contribution in [-0.2, 0) is 9.59 Å². The lowest BCUT2D eigenvalue weighted by Crippen LogP contribution is -2.29. The van der Waals surface area contributed by atoms with E-state index in [0.717, 1.165) is 4.91 Å². The number of hydrogen-bond donors (Lipinski definition) is 0. The summed E-state index contributed by atoms with van der Waals surface area (Å²) in [5.41, 5.74) is 0. The van der Waals surface area contributed by atoms with Crippen LogP contribution in [0.25, 0.3) is 0 Å². The summed E-state index contributed by atoms with van der Waals surface area (Å²) in [6, 6.07) is 0. The van der Waals surface area contributed by atoms with Crippen molar-refractivity contribution in [3.63, 3.8) is 0 Å². The van der Waals surface area contributed by atoms with E-state index in [1.807, 2.05) is 13.8 Å². The molecule has 1 atom stereocenters. The van der Waals surface area contributed by atoms with Gasteiger partial charge in [0.15, 0.2) is 5.78 Å². The molecule has 0 aromatic carbocycles. The number of allylic oxidation sites excluding steroid dienone is 2. The van der Waals surface area contributed by atoms with Crippen molar-refractivity contribution in [2.24, 2.45) is 0 Å². The minimum atomic E-state index is -0.207. The van der Waals surface area contributed by atoms with Gasteiger partial charge in [-0.05, 0) is 31.8 Å². The van der Waals surface area contributed by atoms with E-state index in [4.69, 9.17) is 0 Å². The molecule has 1 heterocycles. The van der Waals surface area contributed by atoms with Crippen molar-refractivity contribution in [2.75, 3.05) is 0 Å². The summed E-state index contributed by atoms with van der Waals surface area (Å²) in [5, 5.41) is 0. The van der Waals surface area contributed by atoms with Gasteiger partial charge in [-0.15, -0.1) is 11.8 Å².